The Balaban J connectivity index is 1.82. The van der Waals surface area contributed by atoms with Gasteiger partial charge >= 0.3 is 0 Å². The standard InChI is InChI=1S/C11H18N2O3S/c14-11(10-12-4-2-1-3-5-12)13-6-8-17(15,16)9-7-13/h1-2H,3-10H2. The molecule has 1 amide bonds. The molecule has 96 valence electrons. The van der Waals surface area contributed by atoms with Gasteiger partial charge in [0.25, 0.3) is 0 Å². The molecule has 1 saturated heterocycles. The Morgan fingerprint density at radius 3 is 2.41 bits per heavy atom. The minimum atomic E-state index is -2.90. The van der Waals surface area contributed by atoms with Crippen LogP contribution in [0.15, 0.2) is 12.2 Å². The van der Waals surface area contributed by atoms with Crippen molar-refractivity contribution in [3.8, 4) is 0 Å². The molecular weight excluding hydrogens is 240 g/mol. The van der Waals surface area contributed by atoms with Crippen LogP contribution in [0.4, 0.5) is 0 Å². The number of rotatable bonds is 2. The van der Waals surface area contributed by atoms with Crippen molar-refractivity contribution in [2.24, 2.45) is 0 Å². The third-order valence-electron chi connectivity index (χ3n) is 3.20. The van der Waals surface area contributed by atoms with Crippen molar-refractivity contribution >= 4 is 15.7 Å². The van der Waals surface area contributed by atoms with Crippen LogP contribution in [0.5, 0.6) is 0 Å². The normalized spacial score (nSPS) is 24.8. The van der Waals surface area contributed by atoms with Crippen LogP contribution in [-0.4, -0.2) is 68.4 Å². The first-order valence-electron chi connectivity index (χ1n) is 5.92. The molecule has 0 spiro atoms. The topological polar surface area (TPSA) is 57.7 Å². The van der Waals surface area contributed by atoms with Crippen LogP contribution < -0.4 is 0 Å². The number of hydrogen-bond donors (Lipinski definition) is 0. The highest BCUT2D eigenvalue weighted by molar-refractivity contribution is 7.91. The van der Waals surface area contributed by atoms with Crippen LogP contribution in [-0.2, 0) is 14.6 Å². The first kappa shape index (κ1) is 12.6. The fraction of sp³-hybridized carbons (Fsp3) is 0.727. The molecular formula is C11H18N2O3S. The highest BCUT2D eigenvalue weighted by Gasteiger charge is 2.25. The Morgan fingerprint density at radius 1 is 1.12 bits per heavy atom. The number of amides is 1. The maximum Gasteiger partial charge on any atom is 0.236 e. The van der Waals surface area contributed by atoms with Gasteiger partial charge in [0.2, 0.25) is 5.91 Å². The molecule has 6 heteroatoms. The van der Waals surface area contributed by atoms with Gasteiger partial charge in [0, 0.05) is 26.2 Å². The summed E-state index contributed by atoms with van der Waals surface area (Å²) in [5, 5.41) is 0. The van der Waals surface area contributed by atoms with E-state index in [-0.39, 0.29) is 17.4 Å². The lowest BCUT2D eigenvalue weighted by Gasteiger charge is -2.30. The summed E-state index contributed by atoms with van der Waals surface area (Å²) in [6, 6.07) is 0. The highest BCUT2D eigenvalue weighted by Crippen LogP contribution is 2.06. The molecule has 5 nitrogen and oxygen atoms in total. The van der Waals surface area contributed by atoms with Crippen LogP contribution in [0.1, 0.15) is 6.42 Å². The molecule has 2 aliphatic rings. The van der Waals surface area contributed by atoms with Gasteiger partial charge in [0.15, 0.2) is 9.84 Å². The van der Waals surface area contributed by atoms with Gasteiger partial charge in [-0.3, -0.25) is 9.69 Å². The van der Waals surface area contributed by atoms with E-state index in [1.807, 2.05) is 0 Å². The van der Waals surface area contributed by atoms with Gasteiger partial charge in [-0.25, -0.2) is 8.42 Å². The Kier molecular flexibility index (Phi) is 3.83. The van der Waals surface area contributed by atoms with E-state index < -0.39 is 9.84 Å². The second-order valence-electron chi connectivity index (χ2n) is 4.53. The third-order valence-corrected chi connectivity index (χ3v) is 4.81. The molecule has 0 saturated carbocycles. The second kappa shape index (κ2) is 5.18. The highest BCUT2D eigenvalue weighted by atomic mass is 32.2. The predicted octanol–water partition coefficient (Wildman–Crippen LogP) is -0.495. The summed E-state index contributed by atoms with van der Waals surface area (Å²) >= 11 is 0. The molecule has 0 aromatic carbocycles. The molecule has 0 atom stereocenters. The van der Waals surface area contributed by atoms with E-state index in [2.05, 4.69) is 17.1 Å². The van der Waals surface area contributed by atoms with E-state index in [0.29, 0.717) is 19.6 Å². The average Bonchev–Trinajstić information content (AvgIpc) is 2.30. The number of hydrogen-bond acceptors (Lipinski definition) is 4. The molecule has 17 heavy (non-hydrogen) atoms. The van der Waals surface area contributed by atoms with Gasteiger partial charge in [0.05, 0.1) is 18.1 Å². The minimum Gasteiger partial charge on any atom is -0.340 e. The van der Waals surface area contributed by atoms with E-state index >= 15 is 0 Å². The fourth-order valence-corrected chi connectivity index (χ4v) is 3.29. The number of sulfone groups is 1. The third kappa shape index (κ3) is 3.54. The molecule has 0 N–H and O–H groups in total. The molecule has 2 aliphatic heterocycles. The largest absolute Gasteiger partial charge is 0.340 e. The van der Waals surface area contributed by atoms with Gasteiger partial charge < -0.3 is 4.90 Å². The molecule has 0 aromatic rings. The Bertz CT molecular complexity index is 402. The quantitative estimate of drug-likeness (QED) is 0.627. The molecule has 0 unspecified atom stereocenters. The number of nitrogens with zero attached hydrogens (tertiary/aromatic N) is 2. The van der Waals surface area contributed by atoms with E-state index in [9.17, 15) is 13.2 Å². The first-order valence-corrected chi connectivity index (χ1v) is 7.74. The zero-order valence-electron chi connectivity index (χ0n) is 9.84. The van der Waals surface area contributed by atoms with Crippen molar-refractivity contribution in [2.45, 2.75) is 6.42 Å². The number of carbonyl (C=O) groups is 1. The predicted molar refractivity (Wildman–Crippen MR) is 65.4 cm³/mol. The second-order valence-corrected chi connectivity index (χ2v) is 6.83. The summed E-state index contributed by atoms with van der Waals surface area (Å²) < 4.78 is 22.5. The van der Waals surface area contributed by atoms with Gasteiger partial charge in [-0.05, 0) is 6.42 Å². The van der Waals surface area contributed by atoms with Crippen LogP contribution >= 0.6 is 0 Å². The molecule has 0 radical (unpaired) electrons. The molecule has 2 rings (SSSR count). The van der Waals surface area contributed by atoms with Crippen LogP contribution in [0.25, 0.3) is 0 Å². The van der Waals surface area contributed by atoms with Gasteiger partial charge in [0.1, 0.15) is 0 Å². The van der Waals surface area contributed by atoms with Crippen molar-refractivity contribution in [3.63, 3.8) is 0 Å². The van der Waals surface area contributed by atoms with Crippen LogP contribution in [0.2, 0.25) is 0 Å². The SMILES string of the molecule is O=C(CN1CC=CCC1)N1CCS(=O)(=O)CC1. The van der Waals surface area contributed by atoms with Crippen molar-refractivity contribution in [1.29, 1.82) is 0 Å². The minimum absolute atomic E-state index is 0.0511. The van der Waals surface area contributed by atoms with Crippen LogP contribution in [0, 0.1) is 0 Å². The Hall–Kier alpha value is -0.880. The summed E-state index contributed by atoms with van der Waals surface area (Å²) in [6.07, 6.45) is 5.17. The maximum atomic E-state index is 11.9. The van der Waals surface area contributed by atoms with Crippen LogP contribution in [0.3, 0.4) is 0 Å². The molecule has 2 heterocycles. The lowest BCUT2D eigenvalue weighted by Crippen LogP contribution is -2.48. The molecule has 0 aliphatic carbocycles. The monoisotopic (exact) mass is 258 g/mol. The lowest BCUT2D eigenvalue weighted by molar-refractivity contribution is -0.132. The summed E-state index contributed by atoms with van der Waals surface area (Å²) in [4.78, 5) is 15.7. The summed E-state index contributed by atoms with van der Waals surface area (Å²) in [5.74, 6) is 0.271. The van der Waals surface area contributed by atoms with Crippen molar-refractivity contribution in [1.82, 2.24) is 9.80 Å². The van der Waals surface area contributed by atoms with E-state index in [0.717, 1.165) is 19.5 Å². The summed E-state index contributed by atoms with van der Waals surface area (Å²) in [5.41, 5.74) is 0. The Morgan fingerprint density at radius 2 is 1.82 bits per heavy atom. The molecule has 0 bridgehead atoms. The average molecular weight is 258 g/mol. The van der Waals surface area contributed by atoms with Gasteiger partial charge in [-0.1, -0.05) is 12.2 Å². The maximum absolute atomic E-state index is 11.9. The van der Waals surface area contributed by atoms with Gasteiger partial charge in [-0.15, -0.1) is 0 Å². The fourth-order valence-electron chi connectivity index (χ4n) is 2.09. The first-order chi connectivity index (χ1) is 8.07. The zero-order valence-corrected chi connectivity index (χ0v) is 10.7. The zero-order chi connectivity index (χ0) is 12.3. The van der Waals surface area contributed by atoms with Crippen molar-refractivity contribution in [2.75, 3.05) is 44.2 Å². The summed E-state index contributed by atoms with van der Waals surface area (Å²) in [6.45, 7) is 2.84. The van der Waals surface area contributed by atoms with E-state index in [1.165, 1.54) is 0 Å². The lowest BCUT2D eigenvalue weighted by atomic mass is 10.2. The molecule has 0 aromatic heterocycles. The van der Waals surface area contributed by atoms with Gasteiger partial charge in [-0.2, -0.15) is 0 Å². The molecule has 1 fully saturated rings. The Labute approximate surface area is 102 Å². The smallest absolute Gasteiger partial charge is 0.236 e. The summed E-state index contributed by atoms with van der Waals surface area (Å²) in [7, 11) is -2.90. The van der Waals surface area contributed by atoms with Crippen molar-refractivity contribution in [3.05, 3.63) is 12.2 Å². The number of carbonyl (C=O) groups excluding carboxylic acids is 1. The van der Waals surface area contributed by atoms with E-state index in [1.54, 1.807) is 4.90 Å². The van der Waals surface area contributed by atoms with Crippen molar-refractivity contribution < 1.29 is 13.2 Å². The van der Waals surface area contributed by atoms with E-state index in [4.69, 9.17) is 0 Å².